The van der Waals surface area contributed by atoms with Crippen molar-refractivity contribution in [2.24, 2.45) is 11.7 Å². The van der Waals surface area contributed by atoms with Gasteiger partial charge in [0.2, 0.25) is 0 Å². The minimum absolute atomic E-state index is 0. The molecule has 4 nitrogen and oxygen atoms in total. The van der Waals surface area contributed by atoms with Crippen molar-refractivity contribution in [1.82, 2.24) is 5.32 Å². The Morgan fingerprint density at radius 2 is 1.95 bits per heavy atom. The summed E-state index contributed by atoms with van der Waals surface area (Å²) in [6.45, 7) is 4.45. The average Bonchev–Trinajstić information content (AvgIpc) is 2.50. The molecule has 1 aliphatic rings. The van der Waals surface area contributed by atoms with Crippen LogP contribution in [0.5, 0.6) is 5.75 Å². The van der Waals surface area contributed by atoms with Gasteiger partial charge < -0.3 is 15.8 Å². The highest BCUT2D eigenvalue weighted by Gasteiger charge is 2.27. The largest absolute Gasteiger partial charge is 0.481 e. The second-order valence-corrected chi connectivity index (χ2v) is 5.97. The van der Waals surface area contributed by atoms with Crippen LogP contribution in [-0.2, 0) is 4.79 Å². The number of nitrogens with two attached hydrogens (primary N) is 1. The van der Waals surface area contributed by atoms with Gasteiger partial charge in [-0.2, -0.15) is 0 Å². The number of hydrogen-bond acceptors (Lipinski definition) is 3. The molecule has 0 bridgehead atoms. The summed E-state index contributed by atoms with van der Waals surface area (Å²) < 4.78 is 5.70. The van der Waals surface area contributed by atoms with Gasteiger partial charge in [0.15, 0.2) is 6.10 Å². The van der Waals surface area contributed by atoms with Gasteiger partial charge in [-0.1, -0.05) is 30.5 Å². The molecule has 0 saturated heterocycles. The number of halogens is 1. The molecular weight excluding hydrogens is 300 g/mol. The summed E-state index contributed by atoms with van der Waals surface area (Å²) in [6.07, 6.45) is 4.01. The van der Waals surface area contributed by atoms with Gasteiger partial charge in [0.05, 0.1) is 0 Å². The number of aryl methyl sites for hydroxylation is 1. The molecule has 0 spiro atoms. The number of nitrogens with one attached hydrogen (secondary N) is 1. The molecule has 3 atom stereocenters. The van der Waals surface area contributed by atoms with Crippen LogP contribution in [0.3, 0.4) is 0 Å². The Hall–Kier alpha value is -1.26. The van der Waals surface area contributed by atoms with Crippen molar-refractivity contribution in [1.29, 1.82) is 0 Å². The lowest BCUT2D eigenvalue weighted by Crippen LogP contribution is -2.48. The van der Waals surface area contributed by atoms with E-state index in [2.05, 4.69) is 5.32 Å². The molecule has 3 unspecified atom stereocenters. The minimum atomic E-state index is -0.493. The first kappa shape index (κ1) is 18.8. The van der Waals surface area contributed by atoms with E-state index in [1.807, 2.05) is 31.2 Å². The third kappa shape index (κ3) is 5.18. The normalized spacial score (nSPS) is 22.3. The summed E-state index contributed by atoms with van der Waals surface area (Å²) in [5.41, 5.74) is 6.97. The van der Waals surface area contributed by atoms with E-state index in [0.29, 0.717) is 12.5 Å². The number of carbonyl (C=O) groups excluding carboxylic acids is 1. The molecule has 0 heterocycles. The summed E-state index contributed by atoms with van der Waals surface area (Å²) in [5, 5.41) is 3.11. The van der Waals surface area contributed by atoms with Gasteiger partial charge in [-0.05, 0) is 51.3 Å². The fraction of sp³-hybridized carbons (Fsp3) is 0.588. The van der Waals surface area contributed by atoms with Crippen molar-refractivity contribution >= 4 is 18.3 Å². The second kappa shape index (κ2) is 9.01. The molecule has 0 aliphatic heterocycles. The van der Waals surface area contributed by atoms with Crippen LogP contribution in [0, 0.1) is 12.8 Å². The summed E-state index contributed by atoms with van der Waals surface area (Å²) in [6, 6.07) is 7.93. The quantitative estimate of drug-likeness (QED) is 0.874. The van der Waals surface area contributed by atoms with Crippen LogP contribution in [0.4, 0.5) is 0 Å². The van der Waals surface area contributed by atoms with Crippen LogP contribution in [0.1, 0.15) is 38.2 Å². The first-order chi connectivity index (χ1) is 10.1. The molecule has 1 fully saturated rings. The number of hydrogen-bond donors (Lipinski definition) is 2. The van der Waals surface area contributed by atoms with Crippen molar-refractivity contribution < 1.29 is 9.53 Å². The standard InChI is InChI=1S/C17H26N2O2.ClH/c1-12-7-9-15(10-8-12)21-13(2)17(20)19-16-6-4-3-5-14(16)11-18;/h7-10,13-14,16H,3-6,11,18H2,1-2H3,(H,19,20);1H. The molecule has 1 aromatic carbocycles. The maximum Gasteiger partial charge on any atom is 0.261 e. The van der Waals surface area contributed by atoms with E-state index in [9.17, 15) is 4.79 Å². The van der Waals surface area contributed by atoms with Crippen molar-refractivity contribution in [2.75, 3.05) is 6.54 Å². The number of carbonyl (C=O) groups is 1. The highest BCUT2D eigenvalue weighted by atomic mass is 35.5. The average molecular weight is 327 g/mol. The molecular formula is C17H27ClN2O2. The Kier molecular flexibility index (Phi) is 7.69. The highest BCUT2D eigenvalue weighted by molar-refractivity contribution is 5.85. The van der Waals surface area contributed by atoms with Crippen molar-refractivity contribution in [2.45, 2.75) is 51.7 Å². The van der Waals surface area contributed by atoms with Crippen LogP contribution < -0.4 is 15.8 Å². The molecule has 1 amide bonds. The maximum atomic E-state index is 12.3. The van der Waals surface area contributed by atoms with Crippen molar-refractivity contribution in [3.63, 3.8) is 0 Å². The number of ether oxygens (including phenoxy) is 1. The molecule has 2 rings (SSSR count). The Morgan fingerprint density at radius 1 is 1.32 bits per heavy atom. The third-order valence-corrected chi connectivity index (χ3v) is 4.24. The molecule has 0 aromatic heterocycles. The van der Waals surface area contributed by atoms with Gasteiger partial charge in [-0.25, -0.2) is 0 Å². The van der Waals surface area contributed by atoms with Crippen LogP contribution in [0.2, 0.25) is 0 Å². The lowest BCUT2D eigenvalue weighted by Gasteiger charge is -2.32. The Bertz CT molecular complexity index is 464. The summed E-state index contributed by atoms with van der Waals surface area (Å²) in [7, 11) is 0. The molecule has 1 aliphatic carbocycles. The van der Waals surface area contributed by atoms with E-state index in [0.717, 1.165) is 25.0 Å². The minimum Gasteiger partial charge on any atom is -0.481 e. The van der Waals surface area contributed by atoms with Gasteiger partial charge in [-0.15, -0.1) is 12.4 Å². The van der Waals surface area contributed by atoms with Gasteiger partial charge in [0.25, 0.3) is 5.91 Å². The molecule has 22 heavy (non-hydrogen) atoms. The van der Waals surface area contributed by atoms with Gasteiger partial charge >= 0.3 is 0 Å². The second-order valence-electron chi connectivity index (χ2n) is 5.97. The van der Waals surface area contributed by atoms with Crippen molar-refractivity contribution in [3.05, 3.63) is 29.8 Å². The van der Waals surface area contributed by atoms with E-state index in [-0.39, 0.29) is 24.4 Å². The van der Waals surface area contributed by atoms with E-state index in [1.54, 1.807) is 6.92 Å². The zero-order chi connectivity index (χ0) is 15.2. The summed E-state index contributed by atoms with van der Waals surface area (Å²) in [5.74, 6) is 1.07. The molecule has 1 aromatic rings. The Morgan fingerprint density at radius 3 is 2.59 bits per heavy atom. The first-order valence-corrected chi connectivity index (χ1v) is 7.84. The lowest BCUT2D eigenvalue weighted by atomic mass is 9.84. The smallest absolute Gasteiger partial charge is 0.261 e. The van der Waals surface area contributed by atoms with Gasteiger partial charge in [-0.3, -0.25) is 4.79 Å². The zero-order valence-electron chi connectivity index (χ0n) is 13.4. The van der Waals surface area contributed by atoms with Crippen molar-refractivity contribution in [3.8, 4) is 5.75 Å². The maximum absolute atomic E-state index is 12.3. The third-order valence-electron chi connectivity index (χ3n) is 4.24. The first-order valence-electron chi connectivity index (χ1n) is 7.84. The van der Waals surface area contributed by atoms with Crippen LogP contribution in [0.15, 0.2) is 24.3 Å². The number of rotatable bonds is 5. The molecule has 0 radical (unpaired) electrons. The highest BCUT2D eigenvalue weighted by Crippen LogP contribution is 2.23. The van der Waals surface area contributed by atoms with Crippen LogP contribution in [-0.4, -0.2) is 24.6 Å². The molecule has 5 heteroatoms. The van der Waals surface area contributed by atoms with E-state index in [1.165, 1.54) is 12.0 Å². The predicted molar refractivity (Wildman–Crippen MR) is 91.5 cm³/mol. The van der Waals surface area contributed by atoms with E-state index in [4.69, 9.17) is 10.5 Å². The fourth-order valence-electron chi connectivity index (χ4n) is 2.85. The monoisotopic (exact) mass is 326 g/mol. The topological polar surface area (TPSA) is 64.3 Å². The Balaban J connectivity index is 0.00000242. The predicted octanol–water partition coefficient (Wildman–Crippen LogP) is 2.82. The van der Waals surface area contributed by atoms with E-state index >= 15 is 0 Å². The van der Waals surface area contributed by atoms with Gasteiger partial charge in [0, 0.05) is 6.04 Å². The Labute approximate surface area is 139 Å². The van der Waals surface area contributed by atoms with Gasteiger partial charge in [0.1, 0.15) is 5.75 Å². The number of amides is 1. The molecule has 124 valence electrons. The molecule has 1 saturated carbocycles. The fourth-order valence-corrected chi connectivity index (χ4v) is 2.85. The summed E-state index contributed by atoms with van der Waals surface area (Å²) in [4.78, 5) is 12.3. The number of benzene rings is 1. The summed E-state index contributed by atoms with van der Waals surface area (Å²) >= 11 is 0. The lowest BCUT2D eigenvalue weighted by molar-refractivity contribution is -0.128. The molecule has 3 N–H and O–H groups in total. The SMILES string of the molecule is Cc1ccc(OC(C)C(=O)NC2CCCCC2CN)cc1.Cl. The van der Waals surface area contributed by atoms with Crippen LogP contribution in [0.25, 0.3) is 0 Å². The van der Waals surface area contributed by atoms with E-state index < -0.39 is 6.10 Å². The zero-order valence-corrected chi connectivity index (χ0v) is 14.2. The van der Waals surface area contributed by atoms with Crippen LogP contribution >= 0.6 is 12.4 Å².